The predicted molar refractivity (Wildman–Crippen MR) is 86.8 cm³/mol. The lowest BCUT2D eigenvalue weighted by molar-refractivity contribution is -0.128. The summed E-state index contributed by atoms with van der Waals surface area (Å²) in [4.78, 5) is 11.7. The number of esters is 1. The van der Waals surface area contributed by atoms with Gasteiger partial charge in [-0.3, -0.25) is 0 Å². The molecular weight excluding hydrogens is 367 g/mol. The lowest BCUT2D eigenvalue weighted by Gasteiger charge is -2.03. The summed E-state index contributed by atoms with van der Waals surface area (Å²) >= 11 is 2.13. The number of methoxy groups -OCH3 is 1. The zero-order chi connectivity index (χ0) is 14.4. The first kappa shape index (κ1) is 14.6. The molecule has 102 valence electrons. The molecule has 0 radical (unpaired) electrons. The van der Waals surface area contributed by atoms with Crippen LogP contribution in [0.4, 0.5) is 0 Å². The predicted octanol–water partition coefficient (Wildman–Crippen LogP) is 3.92. The number of rotatable bonds is 4. The van der Waals surface area contributed by atoms with Gasteiger partial charge in [-0.1, -0.05) is 24.3 Å². The molecule has 2 aromatic rings. The highest BCUT2D eigenvalue weighted by Crippen LogP contribution is 2.20. The van der Waals surface area contributed by atoms with E-state index in [0.29, 0.717) is 5.75 Å². The molecule has 0 fully saturated rings. The number of hydrogen-bond acceptors (Lipinski definition) is 3. The maximum atomic E-state index is 11.7. The molecule has 0 spiro atoms. The smallest absolute Gasteiger partial charge is 0.336 e. The molecule has 0 saturated heterocycles. The number of para-hydroxylation sites is 1. The van der Waals surface area contributed by atoms with E-state index in [0.717, 1.165) is 14.9 Å². The zero-order valence-electron chi connectivity index (χ0n) is 10.9. The van der Waals surface area contributed by atoms with Crippen LogP contribution in [0.25, 0.3) is 6.08 Å². The van der Waals surface area contributed by atoms with E-state index in [4.69, 9.17) is 9.47 Å². The summed E-state index contributed by atoms with van der Waals surface area (Å²) in [5.74, 6) is 0.950. The molecule has 3 nitrogen and oxygen atoms in total. The van der Waals surface area contributed by atoms with Crippen LogP contribution < -0.4 is 9.47 Å². The molecule has 0 aliphatic heterocycles. The van der Waals surface area contributed by atoms with Crippen molar-refractivity contribution in [2.75, 3.05) is 7.11 Å². The third-order valence-electron chi connectivity index (χ3n) is 2.57. The van der Waals surface area contributed by atoms with Crippen LogP contribution in [-0.2, 0) is 4.79 Å². The van der Waals surface area contributed by atoms with E-state index in [1.165, 1.54) is 6.08 Å². The van der Waals surface area contributed by atoms with Crippen molar-refractivity contribution < 1.29 is 14.3 Å². The largest absolute Gasteiger partial charge is 0.497 e. The summed E-state index contributed by atoms with van der Waals surface area (Å²) < 4.78 is 11.2. The Balaban J connectivity index is 2.00. The van der Waals surface area contributed by atoms with Crippen molar-refractivity contribution >= 4 is 34.6 Å². The summed E-state index contributed by atoms with van der Waals surface area (Å²) in [6, 6.07) is 14.8. The minimum atomic E-state index is -0.398. The second kappa shape index (κ2) is 7.09. The summed E-state index contributed by atoms with van der Waals surface area (Å²) in [5, 5.41) is 0. The zero-order valence-corrected chi connectivity index (χ0v) is 13.0. The average Bonchev–Trinajstić information content (AvgIpc) is 2.48. The van der Waals surface area contributed by atoms with Crippen LogP contribution in [0.15, 0.2) is 54.6 Å². The number of carbonyl (C=O) groups excluding carboxylic acids is 1. The van der Waals surface area contributed by atoms with Crippen molar-refractivity contribution in [1.82, 2.24) is 0 Å². The van der Waals surface area contributed by atoms with Crippen molar-refractivity contribution in [3.8, 4) is 11.5 Å². The fourth-order valence-corrected chi connectivity index (χ4v) is 2.05. The van der Waals surface area contributed by atoms with Crippen molar-refractivity contribution in [3.05, 3.63) is 63.7 Å². The highest BCUT2D eigenvalue weighted by molar-refractivity contribution is 14.1. The Morgan fingerprint density at radius 3 is 2.45 bits per heavy atom. The van der Waals surface area contributed by atoms with Gasteiger partial charge in [0.15, 0.2) is 0 Å². The molecule has 2 aromatic carbocycles. The number of ether oxygens (including phenoxy) is 2. The Hall–Kier alpha value is -1.82. The second-order valence-corrected chi connectivity index (χ2v) is 5.12. The quantitative estimate of drug-likeness (QED) is 0.349. The third kappa shape index (κ3) is 4.09. The molecule has 0 aromatic heterocycles. The van der Waals surface area contributed by atoms with E-state index in [1.54, 1.807) is 19.3 Å². The monoisotopic (exact) mass is 380 g/mol. The lowest BCUT2D eigenvalue weighted by Crippen LogP contribution is -2.04. The Kier molecular flexibility index (Phi) is 5.17. The van der Waals surface area contributed by atoms with Gasteiger partial charge in [0.2, 0.25) is 0 Å². The van der Waals surface area contributed by atoms with Crippen molar-refractivity contribution in [1.29, 1.82) is 0 Å². The number of hydrogen-bond donors (Lipinski definition) is 0. The van der Waals surface area contributed by atoms with Crippen LogP contribution in [-0.4, -0.2) is 13.1 Å². The SMILES string of the molecule is COc1ccc(C=CC(=O)Oc2ccccc2I)cc1. The summed E-state index contributed by atoms with van der Waals surface area (Å²) in [7, 11) is 1.61. The summed E-state index contributed by atoms with van der Waals surface area (Å²) in [5.41, 5.74) is 0.908. The number of carbonyl (C=O) groups is 1. The van der Waals surface area contributed by atoms with E-state index < -0.39 is 5.97 Å². The lowest BCUT2D eigenvalue weighted by atomic mass is 10.2. The highest BCUT2D eigenvalue weighted by Gasteiger charge is 2.03. The molecule has 0 N–H and O–H groups in total. The minimum absolute atomic E-state index is 0.398. The molecular formula is C16H13IO3. The summed E-state index contributed by atoms with van der Waals surface area (Å²) in [6.07, 6.45) is 3.11. The van der Waals surface area contributed by atoms with Gasteiger partial charge in [0, 0.05) is 6.08 Å². The molecule has 0 heterocycles. The van der Waals surface area contributed by atoms with Crippen molar-refractivity contribution in [2.45, 2.75) is 0 Å². The molecule has 0 amide bonds. The van der Waals surface area contributed by atoms with Gasteiger partial charge in [-0.05, 0) is 58.5 Å². The molecule has 2 rings (SSSR count). The van der Waals surface area contributed by atoms with Gasteiger partial charge in [0.05, 0.1) is 10.7 Å². The Labute approximate surface area is 131 Å². The van der Waals surface area contributed by atoms with Crippen LogP contribution in [0.2, 0.25) is 0 Å². The molecule has 0 aliphatic rings. The molecule has 0 bridgehead atoms. The van der Waals surface area contributed by atoms with Crippen LogP contribution in [0.5, 0.6) is 11.5 Å². The molecule has 4 heteroatoms. The van der Waals surface area contributed by atoms with E-state index in [-0.39, 0.29) is 0 Å². The Bertz CT molecular complexity index is 618. The van der Waals surface area contributed by atoms with Crippen LogP contribution >= 0.6 is 22.6 Å². The minimum Gasteiger partial charge on any atom is -0.497 e. The normalized spacial score (nSPS) is 10.5. The summed E-state index contributed by atoms with van der Waals surface area (Å²) in [6.45, 7) is 0. The maximum absolute atomic E-state index is 11.7. The van der Waals surface area contributed by atoms with E-state index >= 15 is 0 Å². The number of benzene rings is 2. The van der Waals surface area contributed by atoms with E-state index in [9.17, 15) is 4.79 Å². The van der Waals surface area contributed by atoms with Gasteiger partial charge >= 0.3 is 5.97 Å². The molecule has 0 aliphatic carbocycles. The topological polar surface area (TPSA) is 35.5 Å². The molecule has 20 heavy (non-hydrogen) atoms. The molecule has 0 saturated carbocycles. The third-order valence-corrected chi connectivity index (χ3v) is 3.47. The molecule has 0 atom stereocenters. The fraction of sp³-hybridized carbons (Fsp3) is 0.0625. The van der Waals surface area contributed by atoms with Crippen LogP contribution in [0.1, 0.15) is 5.56 Å². The van der Waals surface area contributed by atoms with Gasteiger partial charge in [-0.15, -0.1) is 0 Å². The first-order valence-electron chi connectivity index (χ1n) is 5.97. The standard InChI is InChI=1S/C16H13IO3/c1-19-13-9-6-12(7-10-13)8-11-16(18)20-15-5-3-2-4-14(15)17/h2-11H,1H3. The van der Waals surface area contributed by atoms with Crippen molar-refractivity contribution in [3.63, 3.8) is 0 Å². The molecule has 0 unspecified atom stereocenters. The maximum Gasteiger partial charge on any atom is 0.336 e. The average molecular weight is 380 g/mol. The van der Waals surface area contributed by atoms with E-state index in [1.807, 2.05) is 42.5 Å². The van der Waals surface area contributed by atoms with Gasteiger partial charge in [0.25, 0.3) is 0 Å². The van der Waals surface area contributed by atoms with Crippen LogP contribution in [0, 0.1) is 3.57 Å². The number of halogens is 1. The highest BCUT2D eigenvalue weighted by atomic mass is 127. The Morgan fingerprint density at radius 2 is 1.80 bits per heavy atom. The first-order chi connectivity index (χ1) is 9.69. The first-order valence-corrected chi connectivity index (χ1v) is 7.05. The van der Waals surface area contributed by atoms with Crippen molar-refractivity contribution in [2.24, 2.45) is 0 Å². The second-order valence-electron chi connectivity index (χ2n) is 3.96. The van der Waals surface area contributed by atoms with Gasteiger partial charge in [-0.2, -0.15) is 0 Å². The van der Waals surface area contributed by atoms with Gasteiger partial charge < -0.3 is 9.47 Å². The van der Waals surface area contributed by atoms with Gasteiger partial charge in [0.1, 0.15) is 11.5 Å². The Morgan fingerprint density at radius 1 is 1.10 bits per heavy atom. The van der Waals surface area contributed by atoms with Crippen LogP contribution in [0.3, 0.4) is 0 Å². The fourth-order valence-electron chi connectivity index (χ4n) is 1.55. The van der Waals surface area contributed by atoms with E-state index in [2.05, 4.69) is 22.6 Å². The van der Waals surface area contributed by atoms with Gasteiger partial charge in [-0.25, -0.2) is 4.79 Å².